The van der Waals surface area contributed by atoms with Crippen LogP contribution in [0, 0.1) is 6.92 Å². The second-order valence-electron chi connectivity index (χ2n) is 6.58. The van der Waals surface area contributed by atoms with Gasteiger partial charge in [-0.25, -0.2) is 13.1 Å². The zero-order valence-electron chi connectivity index (χ0n) is 15.1. The summed E-state index contributed by atoms with van der Waals surface area (Å²) in [6.07, 6.45) is 0. The molecular weight excluding hydrogens is 350 g/mol. The molecule has 1 aliphatic heterocycles. The number of carbonyl (C=O) groups excluding carboxylic acids is 1. The maximum atomic E-state index is 12.5. The van der Waals surface area contributed by atoms with Crippen molar-refractivity contribution in [3.05, 3.63) is 53.6 Å². The highest BCUT2D eigenvalue weighted by Crippen LogP contribution is 2.35. The average Bonchev–Trinajstić information content (AvgIpc) is 2.92. The standard InChI is InChI=1S/C19H23N3O3S/c1-13-8-9-15(10-18(13)26(24,25)20-3)21-19(23)12-22-11-14(2)16-6-4-5-7-17(16)22/h4-10,14,20H,11-12H2,1-3H3,(H,21,23). The molecule has 1 unspecified atom stereocenters. The van der Waals surface area contributed by atoms with Crippen molar-refractivity contribution < 1.29 is 13.2 Å². The first-order valence-electron chi connectivity index (χ1n) is 8.49. The molecule has 2 N–H and O–H groups in total. The average molecular weight is 373 g/mol. The van der Waals surface area contributed by atoms with E-state index in [4.69, 9.17) is 0 Å². The van der Waals surface area contributed by atoms with Crippen LogP contribution < -0.4 is 14.9 Å². The number of rotatable bonds is 5. The summed E-state index contributed by atoms with van der Waals surface area (Å²) in [5, 5.41) is 2.81. The molecule has 0 aliphatic carbocycles. The molecule has 26 heavy (non-hydrogen) atoms. The molecule has 3 rings (SSSR count). The Balaban J connectivity index is 1.75. The number of aryl methyl sites for hydroxylation is 1. The molecule has 0 aromatic heterocycles. The van der Waals surface area contributed by atoms with Gasteiger partial charge in [0.15, 0.2) is 0 Å². The Morgan fingerprint density at radius 2 is 1.96 bits per heavy atom. The van der Waals surface area contributed by atoms with Crippen molar-refractivity contribution in [1.29, 1.82) is 0 Å². The monoisotopic (exact) mass is 373 g/mol. The minimum atomic E-state index is -3.57. The lowest BCUT2D eigenvalue weighted by Crippen LogP contribution is -2.32. The number of benzene rings is 2. The molecule has 0 saturated heterocycles. The Hall–Kier alpha value is -2.38. The van der Waals surface area contributed by atoms with Crippen LogP contribution >= 0.6 is 0 Å². The Bertz CT molecular complexity index is 941. The number of nitrogens with zero attached hydrogens (tertiary/aromatic N) is 1. The van der Waals surface area contributed by atoms with Crippen molar-refractivity contribution in [3.63, 3.8) is 0 Å². The molecule has 1 aliphatic rings. The fourth-order valence-electron chi connectivity index (χ4n) is 3.32. The van der Waals surface area contributed by atoms with Crippen LogP contribution in [0.5, 0.6) is 0 Å². The number of hydrogen-bond donors (Lipinski definition) is 2. The lowest BCUT2D eigenvalue weighted by Gasteiger charge is -2.19. The second kappa shape index (κ2) is 7.09. The van der Waals surface area contributed by atoms with E-state index in [9.17, 15) is 13.2 Å². The first kappa shape index (κ1) is 18.4. The van der Waals surface area contributed by atoms with Crippen LogP contribution in [0.2, 0.25) is 0 Å². The lowest BCUT2D eigenvalue weighted by molar-refractivity contribution is -0.115. The molecule has 1 atom stereocenters. The van der Waals surface area contributed by atoms with Crippen molar-refractivity contribution in [1.82, 2.24) is 4.72 Å². The zero-order chi connectivity index (χ0) is 18.9. The highest BCUT2D eigenvalue weighted by molar-refractivity contribution is 7.89. The molecule has 0 spiro atoms. The van der Waals surface area contributed by atoms with E-state index in [2.05, 4.69) is 27.9 Å². The highest BCUT2D eigenvalue weighted by atomic mass is 32.2. The third-order valence-electron chi connectivity index (χ3n) is 4.67. The fraction of sp³-hybridized carbons (Fsp3) is 0.316. The van der Waals surface area contributed by atoms with Crippen molar-refractivity contribution >= 4 is 27.3 Å². The molecule has 2 aromatic rings. The van der Waals surface area contributed by atoms with E-state index in [1.54, 1.807) is 19.1 Å². The Morgan fingerprint density at radius 1 is 1.23 bits per heavy atom. The number of anilines is 2. The SMILES string of the molecule is CNS(=O)(=O)c1cc(NC(=O)CN2CC(C)c3ccccc32)ccc1C. The lowest BCUT2D eigenvalue weighted by atomic mass is 10.0. The molecule has 0 saturated carbocycles. The predicted octanol–water partition coefficient (Wildman–Crippen LogP) is 2.47. The maximum absolute atomic E-state index is 12.5. The number of nitrogens with one attached hydrogen (secondary N) is 2. The van der Waals surface area contributed by atoms with E-state index >= 15 is 0 Å². The second-order valence-corrected chi connectivity index (χ2v) is 8.43. The summed E-state index contributed by atoms with van der Waals surface area (Å²) in [6.45, 7) is 4.88. The number of carbonyl (C=O) groups is 1. The number of para-hydroxylation sites is 1. The third-order valence-corrected chi connectivity index (χ3v) is 6.22. The number of sulfonamides is 1. The van der Waals surface area contributed by atoms with Gasteiger partial charge in [-0.05, 0) is 43.3 Å². The van der Waals surface area contributed by atoms with Crippen LogP contribution in [0.1, 0.15) is 24.0 Å². The molecule has 1 amide bonds. The van der Waals surface area contributed by atoms with E-state index in [1.807, 2.05) is 18.2 Å². The van der Waals surface area contributed by atoms with Gasteiger partial charge < -0.3 is 10.2 Å². The van der Waals surface area contributed by atoms with Crippen molar-refractivity contribution in [2.45, 2.75) is 24.7 Å². The Kier molecular flexibility index (Phi) is 5.02. The van der Waals surface area contributed by atoms with Crippen molar-refractivity contribution in [2.24, 2.45) is 0 Å². The molecule has 138 valence electrons. The molecule has 0 fully saturated rings. The fourth-order valence-corrected chi connectivity index (χ4v) is 4.31. The topological polar surface area (TPSA) is 78.5 Å². The summed E-state index contributed by atoms with van der Waals surface area (Å²) in [5.74, 6) is 0.205. The minimum Gasteiger partial charge on any atom is -0.361 e. The number of hydrogen-bond acceptors (Lipinski definition) is 4. The van der Waals surface area contributed by atoms with Crippen LogP contribution in [0.25, 0.3) is 0 Å². The van der Waals surface area contributed by atoms with Crippen LogP contribution in [-0.2, 0) is 14.8 Å². The van der Waals surface area contributed by atoms with Crippen LogP contribution in [0.15, 0.2) is 47.4 Å². The Labute approximate surface area is 154 Å². The summed E-state index contributed by atoms with van der Waals surface area (Å²) < 4.78 is 26.5. The van der Waals surface area contributed by atoms with Gasteiger partial charge in [0, 0.05) is 23.8 Å². The molecular formula is C19H23N3O3S. The van der Waals surface area contributed by atoms with E-state index in [1.165, 1.54) is 18.7 Å². The molecule has 0 radical (unpaired) electrons. The van der Waals surface area contributed by atoms with E-state index < -0.39 is 10.0 Å². The number of fused-ring (bicyclic) bond motifs is 1. The summed E-state index contributed by atoms with van der Waals surface area (Å²) in [6, 6.07) is 13.0. The van der Waals surface area contributed by atoms with Gasteiger partial charge in [-0.15, -0.1) is 0 Å². The van der Waals surface area contributed by atoms with E-state index in [0.717, 1.165) is 12.2 Å². The smallest absolute Gasteiger partial charge is 0.243 e. The van der Waals surface area contributed by atoms with Crippen molar-refractivity contribution in [3.8, 4) is 0 Å². The first-order chi connectivity index (χ1) is 12.3. The quantitative estimate of drug-likeness (QED) is 0.844. The van der Waals surface area contributed by atoms with Crippen LogP contribution in [-0.4, -0.2) is 34.5 Å². The van der Waals surface area contributed by atoms with Gasteiger partial charge >= 0.3 is 0 Å². The zero-order valence-corrected chi connectivity index (χ0v) is 15.9. The minimum absolute atomic E-state index is 0.165. The van der Waals surface area contributed by atoms with Crippen LogP contribution in [0.3, 0.4) is 0 Å². The summed E-state index contributed by atoms with van der Waals surface area (Å²) in [5.41, 5.74) is 3.42. The highest BCUT2D eigenvalue weighted by Gasteiger charge is 2.26. The van der Waals surface area contributed by atoms with Gasteiger partial charge in [0.2, 0.25) is 15.9 Å². The molecule has 1 heterocycles. The summed E-state index contributed by atoms with van der Waals surface area (Å²) >= 11 is 0. The van der Waals surface area contributed by atoms with Gasteiger partial charge in [0.05, 0.1) is 11.4 Å². The molecule has 7 heteroatoms. The first-order valence-corrected chi connectivity index (χ1v) is 9.98. The van der Waals surface area contributed by atoms with Gasteiger partial charge in [-0.1, -0.05) is 31.2 Å². The normalized spacial score (nSPS) is 16.4. The van der Waals surface area contributed by atoms with Gasteiger partial charge in [0.25, 0.3) is 0 Å². The third kappa shape index (κ3) is 3.59. The number of amides is 1. The molecule has 2 aromatic carbocycles. The molecule has 0 bridgehead atoms. The van der Waals surface area contributed by atoms with Gasteiger partial charge in [0.1, 0.15) is 0 Å². The predicted molar refractivity (Wildman–Crippen MR) is 103 cm³/mol. The van der Waals surface area contributed by atoms with Crippen LogP contribution in [0.4, 0.5) is 11.4 Å². The van der Waals surface area contributed by atoms with E-state index in [-0.39, 0.29) is 17.3 Å². The van der Waals surface area contributed by atoms with E-state index in [0.29, 0.717) is 17.2 Å². The summed E-state index contributed by atoms with van der Waals surface area (Å²) in [7, 11) is -2.20. The molecule has 6 nitrogen and oxygen atoms in total. The maximum Gasteiger partial charge on any atom is 0.243 e. The largest absolute Gasteiger partial charge is 0.361 e. The van der Waals surface area contributed by atoms with Gasteiger partial charge in [-0.3, -0.25) is 4.79 Å². The van der Waals surface area contributed by atoms with Crippen molar-refractivity contribution in [2.75, 3.05) is 30.4 Å². The summed E-state index contributed by atoms with van der Waals surface area (Å²) in [4.78, 5) is 14.7. The Morgan fingerprint density at radius 3 is 2.69 bits per heavy atom. The van der Waals surface area contributed by atoms with Gasteiger partial charge in [-0.2, -0.15) is 0 Å².